The number of aryl methyl sites for hydroxylation is 1. The van der Waals surface area contributed by atoms with Crippen LogP contribution in [0.15, 0.2) is 47.3 Å². The van der Waals surface area contributed by atoms with E-state index in [2.05, 4.69) is 10.9 Å². The summed E-state index contributed by atoms with van der Waals surface area (Å²) in [5.41, 5.74) is 5.66. The summed E-state index contributed by atoms with van der Waals surface area (Å²) in [5.74, 6) is -1.17. The fourth-order valence-electron chi connectivity index (χ4n) is 2.56. The van der Waals surface area contributed by atoms with Crippen LogP contribution in [0.4, 0.5) is 0 Å². The molecule has 134 valence electrons. The van der Waals surface area contributed by atoms with Crippen molar-refractivity contribution >= 4 is 46.0 Å². The Morgan fingerprint density at radius 1 is 1.04 bits per heavy atom. The molecule has 9 heteroatoms. The number of benzene rings is 2. The van der Waals surface area contributed by atoms with Crippen molar-refractivity contribution in [1.82, 2.24) is 20.0 Å². The van der Waals surface area contributed by atoms with E-state index in [1.807, 2.05) is 0 Å². The van der Waals surface area contributed by atoms with E-state index < -0.39 is 11.8 Å². The molecule has 0 radical (unpaired) electrons. The molecule has 0 aliphatic rings. The molecule has 0 aliphatic heterocycles. The average Bonchev–Trinajstić information content (AvgIpc) is 2.87. The summed E-state index contributed by atoms with van der Waals surface area (Å²) < 4.78 is 2.77. The SMILES string of the molecule is Cn1c(=O)n(CC(=O)NNC(=O)c2cc(Cl)ccc2Cl)c2ccccc21. The second kappa shape index (κ2) is 7.23. The van der Waals surface area contributed by atoms with Crippen molar-refractivity contribution in [2.45, 2.75) is 6.54 Å². The van der Waals surface area contributed by atoms with E-state index in [-0.39, 0.29) is 22.8 Å². The van der Waals surface area contributed by atoms with Gasteiger partial charge in [-0.2, -0.15) is 0 Å². The number of carbonyl (C=O) groups is 2. The van der Waals surface area contributed by atoms with Crippen LogP contribution in [0.5, 0.6) is 0 Å². The molecule has 3 rings (SSSR count). The van der Waals surface area contributed by atoms with Gasteiger partial charge in [0.15, 0.2) is 0 Å². The number of aromatic nitrogens is 2. The molecule has 1 aromatic heterocycles. The van der Waals surface area contributed by atoms with Crippen LogP contribution in [0.3, 0.4) is 0 Å². The molecule has 2 amide bonds. The topological polar surface area (TPSA) is 85.1 Å². The van der Waals surface area contributed by atoms with Gasteiger partial charge in [0, 0.05) is 12.1 Å². The number of hydrazine groups is 1. The molecule has 0 saturated heterocycles. The van der Waals surface area contributed by atoms with Gasteiger partial charge in [0.2, 0.25) is 0 Å². The Labute approximate surface area is 158 Å². The molecule has 0 saturated carbocycles. The monoisotopic (exact) mass is 392 g/mol. The van der Waals surface area contributed by atoms with Crippen molar-refractivity contribution in [3.05, 3.63) is 68.6 Å². The largest absolute Gasteiger partial charge is 0.329 e. The van der Waals surface area contributed by atoms with E-state index in [9.17, 15) is 14.4 Å². The molecule has 0 spiro atoms. The predicted octanol–water partition coefficient (Wildman–Crippen LogP) is 2.11. The molecular weight excluding hydrogens is 379 g/mol. The average molecular weight is 393 g/mol. The molecule has 7 nitrogen and oxygen atoms in total. The second-order valence-electron chi connectivity index (χ2n) is 5.54. The van der Waals surface area contributed by atoms with Crippen molar-refractivity contribution in [1.29, 1.82) is 0 Å². The van der Waals surface area contributed by atoms with Crippen molar-refractivity contribution in [3.8, 4) is 0 Å². The highest BCUT2D eigenvalue weighted by molar-refractivity contribution is 6.35. The number of para-hydroxylation sites is 2. The summed E-state index contributed by atoms with van der Waals surface area (Å²) in [6.07, 6.45) is 0. The Balaban J connectivity index is 1.72. The summed E-state index contributed by atoms with van der Waals surface area (Å²) in [4.78, 5) is 36.6. The zero-order valence-electron chi connectivity index (χ0n) is 13.6. The van der Waals surface area contributed by atoms with Gasteiger partial charge in [-0.25, -0.2) is 4.79 Å². The quantitative estimate of drug-likeness (QED) is 0.669. The smallest absolute Gasteiger partial charge is 0.295 e. The van der Waals surface area contributed by atoms with E-state index in [0.717, 1.165) is 0 Å². The molecule has 0 aliphatic carbocycles. The third-order valence-electron chi connectivity index (χ3n) is 3.84. The normalized spacial score (nSPS) is 10.7. The Hall–Kier alpha value is -2.77. The number of halogens is 2. The van der Waals surface area contributed by atoms with Gasteiger partial charge in [-0.1, -0.05) is 35.3 Å². The standard InChI is InChI=1S/C17H14Cl2N4O3/c1-22-13-4-2-3-5-14(13)23(17(22)26)9-15(24)20-21-16(25)11-8-10(18)6-7-12(11)19/h2-8H,9H2,1H3,(H,20,24)(H,21,25). The number of nitrogens with zero attached hydrogens (tertiary/aromatic N) is 2. The predicted molar refractivity (Wildman–Crippen MR) is 99.2 cm³/mol. The third-order valence-corrected chi connectivity index (χ3v) is 4.41. The summed E-state index contributed by atoms with van der Waals surface area (Å²) in [5, 5.41) is 0.541. The van der Waals surface area contributed by atoms with Crippen molar-refractivity contribution < 1.29 is 9.59 Å². The molecule has 3 aromatic rings. The van der Waals surface area contributed by atoms with Gasteiger partial charge in [0.1, 0.15) is 6.54 Å². The fourth-order valence-corrected chi connectivity index (χ4v) is 2.94. The number of hydrogen-bond acceptors (Lipinski definition) is 3. The maximum Gasteiger partial charge on any atom is 0.329 e. The first-order valence-corrected chi connectivity index (χ1v) is 8.32. The van der Waals surface area contributed by atoms with Gasteiger partial charge in [-0.3, -0.25) is 29.6 Å². The molecular formula is C17H14Cl2N4O3. The lowest BCUT2D eigenvalue weighted by atomic mass is 10.2. The van der Waals surface area contributed by atoms with Gasteiger partial charge in [0.05, 0.1) is 21.6 Å². The minimum Gasteiger partial charge on any atom is -0.295 e. The summed E-state index contributed by atoms with van der Waals surface area (Å²) in [6, 6.07) is 11.5. The molecule has 0 unspecified atom stereocenters. The highest BCUT2D eigenvalue weighted by Gasteiger charge is 2.15. The Morgan fingerprint density at radius 3 is 2.46 bits per heavy atom. The van der Waals surface area contributed by atoms with Crippen LogP contribution in [0.2, 0.25) is 10.0 Å². The van der Waals surface area contributed by atoms with E-state index in [1.165, 1.54) is 21.3 Å². The van der Waals surface area contributed by atoms with Crippen LogP contribution in [0, 0.1) is 0 Å². The van der Waals surface area contributed by atoms with Crippen molar-refractivity contribution in [2.75, 3.05) is 0 Å². The summed E-state index contributed by atoms with van der Waals surface area (Å²) in [6.45, 7) is -0.246. The fraction of sp³-hybridized carbons (Fsp3) is 0.118. The number of amides is 2. The van der Waals surface area contributed by atoms with Crippen LogP contribution >= 0.6 is 23.2 Å². The van der Waals surface area contributed by atoms with Crippen LogP contribution in [-0.4, -0.2) is 20.9 Å². The molecule has 0 bridgehead atoms. The highest BCUT2D eigenvalue weighted by atomic mass is 35.5. The maximum atomic E-state index is 12.3. The number of rotatable bonds is 3. The molecule has 0 fully saturated rings. The van der Waals surface area contributed by atoms with Gasteiger partial charge in [-0.05, 0) is 30.3 Å². The van der Waals surface area contributed by atoms with Crippen molar-refractivity contribution in [2.24, 2.45) is 7.05 Å². The van der Waals surface area contributed by atoms with Crippen LogP contribution in [-0.2, 0) is 18.4 Å². The van der Waals surface area contributed by atoms with Gasteiger partial charge in [0.25, 0.3) is 11.8 Å². The maximum absolute atomic E-state index is 12.3. The zero-order chi connectivity index (χ0) is 18.8. The lowest BCUT2D eigenvalue weighted by molar-refractivity contribution is -0.122. The Morgan fingerprint density at radius 2 is 1.73 bits per heavy atom. The van der Waals surface area contributed by atoms with Crippen molar-refractivity contribution in [3.63, 3.8) is 0 Å². The number of nitrogens with one attached hydrogen (secondary N) is 2. The Kier molecular flexibility index (Phi) is 5.01. The molecule has 2 N–H and O–H groups in total. The minimum absolute atomic E-state index is 0.127. The van der Waals surface area contributed by atoms with E-state index in [1.54, 1.807) is 37.4 Å². The minimum atomic E-state index is -0.615. The number of hydrogen-bond donors (Lipinski definition) is 2. The van der Waals surface area contributed by atoms with Crippen LogP contribution in [0.1, 0.15) is 10.4 Å². The van der Waals surface area contributed by atoms with E-state index in [4.69, 9.17) is 23.2 Å². The van der Waals surface area contributed by atoms with Gasteiger partial charge in [-0.15, -0.1) is 0 Å². The molecule has 1 heterocycles. The molecule has 2 aromatic carbocycles. The first kappa shape index (κ1) is 18.0. The first-order valence-electron chi connectivity index (χ1n) is 7.57. The number of imidazole rings is 1. The third kappa shape index (κ3) is 3.44. The number of fused-ring (bicyclic) bond motifs is 1. The van der Waals surface area contributed by atoms with Crippen LogP contribution in [0.25, 0.3) is 11.0 Å². The summed E-state index contributed by atoms with van der Waals surface area (Å²) in [7, 11) is 1.63. The van der Waals surface area contributed by atoms with Crippen LogP contribution < -0.4 is 16.5 Å². The van der Waals surface area contributed by atoms with E-state index in [0.29, 0.717) is 16.1 Å². The Bertz CT molecular complexity index is 1070. The van der Waals surface area contributed by atoms with Gasteiger partial charge >= 0.3 is 5.69 Å². The molecule has 26 heavy (non-hydrogen) atoms. The van der Waals surface area contributed by atoms with E-state index >= 15 is 0 Å². The van der Waals surface area contributed by atoms with Gasteiger partial charge < -0.3 is 0 Å². The number of carbonyl (C=O) groups excluding carboxylic acids is 2. The highest BCUT2D eigenvalue weighted by Crippen LogP contribution is 2.20. The first-order chi connectivity index (χ1) is 12.4. The zero-order valence-corrected chi connectivity index (χ0v) is 15.1. The second-order valence-corrected chi connectivity index (χ2v) is 6.39. The summed E-state index contributed by atoms with van der Waals surface area (Å²) >= 11 is 11.8. The lowest BCUT2D eigenvalue weighted by Crippen LogP contribution is -2.44. The lowest BCUT2D eigenvalue weighted by Gasteiger charge is -2.09. The molecule has 0 atom stereocenters.